The van der Waals surface area contributed by atoms with Gasteiger partial charge in [0.15, 0.2) is 11.6 Å². The molecule has 0 aliphatic rings. The Hall–Kier alpha value is -1.98. The highest BCUT2D eigenvalue weighted by Gasteiger charge is 2.09. The number of hydrogen-bond acceptors (Lipinski definition) is 4. The van der Waals surface area contributed by atoms with Gasteiger partial charge in [0.2, 0.25) is 5.95 Å². The van der Waals surface area contributed by atoms with Crippen molar-refractivity contribution in [3.8, 4) is 5.82 Å². The first-order chi connectivity index (χ1) is 7.22. The van der Waals surface area contributed by atoms with Crippen molar-refractivity contribution in [2.45, 2.75) is 6.92 Å². The van der Waals surface area contributed by atoms with Gasteiger partial charge in [-0.1, -0.05) is 0 Å². The van der Waals surface area contributed by atoms with Crippen LogP contribution >= 0.6 is 0 Å². The molecule has 0 saturated carbocycles. The zero-order valence-corrected chi connectivity index (χ0v) is 8.40. The molecule has 0 radical (unpaired) electrons. The highest BCUT2D eigenvalue weighted by molar-refractivity contribution is 5.33. The Morgan fingerprint density at radius 1 is 1.40 bits per heavy atom. The van der Waals surface area contributed by atoms with Gasteiger partial charge in [0.25, 0.3) is 0 Å². The maximum absolute atomic E-state index is 13.4. The molecule has 2 aromatic rings. The van der Waals surface area contributed by atoms with Crippen molar-refractivity contribution in [3.63, 3.8) is 0 Å². The van der Waals surface area contributed by atoms with E-state index >= 15 is 0 Å². The molecule has 0 spiro atoms. The van der Waals surface area contributed by atoms with Gasteiger partial charge in [0.1, 0.15) is 5.82 Å². The average molecular weight is 207 g/mol. The van der Waals surface area contributed by atoms with E-state index < -0.39 is 5.82 Å². The second-order valence-corrected chi connectivity index (χ2v) is 2.96. The molecule has 78 valence electrons. The lowest BCUT2D eigenvalue weighted by molar-refractivity contribution is 0.600. The zero-order valence-electron chi connectivity index (χ0n) is 8.40. The number of aromatic nitrogens is 4. The zero-order chi connectivity index (χ0) is 10.8. The summed E-state index contributed by atoms with van der Waals surface area (Å²) in [5.41, 5.74) is 0. The SMILES string of the molecule is CNc1ncc(F)c(-n2ccnc2C)n1. The number of nitrogens with zero attached hydrogens (tertiary/aromatic N) is 4. The third kappa shape index (κ3) is 1.65. The van der Waals surface area contributed by atoms with E-state index in [1.807, 2.05) is 0 Å². The molecule has 0 aliphatic carbocycles. The summed E-state index contributed by atoms with van der Waals surface area (Å²) in [6, 6.07) is 0. The fourth-order valence-electron chi connectivity index (χ4n) is 1.25. The third-order valence-corrected chi connectivity index (χ3v) is 2.00. The molecule has 0 unspecified atom stereocenters. The summed E-state index contributed by atoms with van der Waals surface area (Å²) in [5.74, 6) is 0.772. The monoisotopic (exact) mass is 207 g/mol. The van der Waals surface area contributed by atoms with Crippen molar-refractivity contribution in [1.29, 1.82) is 0 Å². The summed E-state index contributed by atoms with van der Waals surface area (Å²) in [7, 11) is 1.68. The fourth-order valence-corrected chi connectivity index (χ4v) is 1.25. The number of nitrogens with one attached hydrogen (secondary N) is 1. The number of hydrogen-bond donors (Lipinski definition) is 1. The molecule has 0 atom stereocenters. The van der Waals surface area contributed by atoms with E-state index in [9.17, 15) is 4.39 Å². The molecule has 0 bridgehead atoms. The van der Waals surface area contributed by atoms with Crippen LogP contribution < -0.4 is 5.32 Å². The van der Waals surface area contributed by atoms with Gasteiger partial charge in [0, 0.05) is 19.4 Å². The first-order valence-corrected chi connectivity index (χ1v) is 4.43. The van der Waals surface area contributed by atoms with Gasteiger partial charge in [-0.25, -0.2) is 14.4 Å². The van der Waals surface area contributed by atoms with Gasteiger partial charge in [-0.05, 0) is 6.92 Å². The van der Waals surface area contributed by atoms with Gasteiger partial charge in [-0.15, -0.1) is 0 Å². The Labute approximate surface area is 86.0 Å². The number of rotatable bonds is 2. The number of halogens is 1. The number of imidazole rings is 1. The van der Waals surface area contributed by atoms with Crippen LogP contribution in [0.5, 0.6) is 0 Å². The van der Waals surface area contributed by atoms with Crippen molar-refractivity contribution < 1.29 is 4.39 Å². The predicted octanol–water partition coefficient (Wildman–Crippen LogP) is 1.15. The number of anilines is 1. The summed E-state index contributed by atoms with van der Waals surface area (Å²) >= 11 is 0. The minimum absolute atomic E-state index is 0.198. The van der Waals surface area contributed by atoms with Crippen molar-refractivity contribution >= 4 is 5.95 Å². The highest BCUT2D eigenvalue weighted by atomic mass is 19.1. The fraction of sp³-hybridized carbons (Fsp3) is 0.222. The van der Waals surface area contributed by atoms with Crippen molar-refractivity contribution in [1.82, 2.24) is 19.5 Å². The lowest BCUT2D eigenvalue weighted by atomic mass is 10.5. The minimum atomic E-state index is -0.477. The van der Waals surface area contributed by atoms with Crippen LogP contribution in [0.2, 0.25) is 0 Å². The molecule has 6 heteroatoms. The Morgan fingerprint density at radius 3 is 2.80 bits per heavy atom. The van der Waals surface area contributed by atoms with Crippen LogP contribution in [0.1, 0.15) is 5.82 Å². The molecular weight excluding hydrogens is 197 g/mol. The normalized spacial score (nSPS) is 10.3. The summed E-state index contributed by atoms with van der Waals surface area (Å²) in [4.78, 5) is 11.8. The maximum Gasteiger partial charge on any atom is 0.224 e. The van der Waals surface area contributed by atoms with Gasteiger partial charge >= 0.3 is 0 Å². The van der Waals surface area contributed by atoms with Crippen LogP contribution in [0.15, 0.2) is 18.6 Å². The molecule has 2 aromatic heterocycles. The van der Waals surface area contributed by atoms with Crippen molar-refractivity contribution in [2.75, 3.05) is 12.4 Å². The topological polar surface area (TPSA) is 55.6 Å². The molecule has 2 heterocycles. The quantitative estimate of drug-likeness (QED) is 0.802. The van der Waals surface area contributed by atoms with Crippen LogP contribution in [0.3, 0.4) is 0 Å². The maximum atomic E-state index is 13.4. The summed E-state index contributed by atoms with van der Waals surface area (Å²) in [5, 5.41) is 2.75. The standard InChI is InChI=1S/C9H10FN5/c1-6-12-3-4-15(6)8-7(10)5-13-9(11-2)14-8/h3-5H,1-2H3,(H,11,13,14). The first kappa shape index (κ1) is 9.57. The van der Waals surface area contributed by atoms with Crippen molar-refractivity contribution in [3.05, 3.63) is 30.2 Å². The summed E-state index contributed by atoms with van der Waals surface area (Å²) in [6.07, 6.45) is 4.38. The van der Waals surface area contributed by atoms with E-state index in [2.05, 4.69) is 20.3 Å². The van der Waals surface area contributed by atoms with Crippen LogP contribution in [-0.4, -0.2) is 26.6 Å². The lowest BCUT2D eigenvalue weighted by Crippen LogP contribution is -2.06. The van der Waals surface area contributed by atoms with Crippen LogP contribution in [0.4, 0.5) is 10.3 Å². The molecule has 0 aliphatic heterocycles. The second kappa shape index (κ2) is 3.64. The summed E-state index contributed by atoms with van der Waals surface area (Å²) in [6.45, 7) is 1.78. The Kier molecular flexibility index (Phi) is 2.32. The Balaban J connectivity index is 2.56. The van der Waals surface area contributed by atoms with E-state index in [0.29, 0.717) is 11.8 Å². The average Bonchev–Trinajstić information content (AvgIpc) is 2.65. The van der Waals surface area contributed by atoms with Crippen LogP contribution in [0.25, 0.3) is 5.82 Å². The lowest BCUT2D eigenvalue weighted by Gasteiger charge is -2.06. The largest absolute Gasteiger partial charge is 0.357 e. The first-order valence-electron chi connectivity index (χ1n) is 4.43. The highest BCUT2D eigenvalue weighted by Crippen LogP contribution is 2.12. The molecule has 1 N–H and O–H groups in total. The molecule has 2 rings (SSSR count). The second-order valence-electron chi connectivity index (χ2n) is 2.96. The van der Waals surface area contributed by atoms with E-state index in [-0.39, 0.29) is 5.82 Å². The smallest absolute Gasteiger partial charge is 0.224 e. The Morgan fingerprint density at radius 2 is 2.20 bits per heavy atom. The van der Waals surface area contributed by atoms with E-state index in [0.717, 1.165) is 6.20 Å². The molecule has 15 heavy (non-hydrogen) atoms. The van der Waals surface area contributed by atoms with Crippen molar-refractivity contribution in [2.24, 2.45) is 0 Å². The van der Waals surface area contributed by atoms with E-state index in [4.69, 9.17) is 0 Å². The van der Waals surface area contributed by atoms with Crippen LogP contribution in [-0.2, 0) is 0 Å². The van der Waals surface area contributed by atoms with E-state index in [1.54, 1.807) is 30.9 Å². The third-order valence-electron chi connectivity index (χ3n) is 2.00. The van der Waals surface area contributed by atoms with Crippen LogP contribution in [0, 0.1) is 12.7 Å². The Bertz CT molecular complexity index is 479. The van der Waals surface area contributed by atoms with Gasteiger partial charge < -0.3 is 5.32 Å². The predicted molar refractivity (Wildman–Crippen MR) is 53.4 cm³/mol. The van der Waals surface area contributed by atoms with E-state index in [1.165, 1.54) is 0 Å². The minimum Gasteiger partial charge on any atom is -0.357 e. The molecule has 5 nitrogen and oxygen atoms in total. The van der Waals surface area contributed by atoms with Gasteiger partial charge in [-0.2, -0.15) is 4.98 Å². The van der Waals surface area contributed by atoms with Gasteiger partial charge in [0.05, 0.1) is 6.20 Å². The molecule has 0 amide bonds. The molecular formula is C9H10FN5. The molecule has 0 aromatic carbocycles. The molecule has 0 fully saturated rings. The molecule has 0 saturated heterocycles. The number of aryl methyl sites for hydroxylation is 1. The summed E-state index contributed by atoms with van der Waals surface area (Å²) < 4.78 is 15.0. The van der Waals surface area contributed by atoms with Gasteiger partial charge in [-0.3, -0.25) is 4.57 Å².